The third kappa shape index (κ3) is 4.55. The maximum atomic E-state index is 12.4. The van der Waals surface area contributed by atoms with Gasteiger partial charge in [-0.2, -0.15) is 0 Å². The van der Waals surface area contributed by atoms with Gasteiger partial charge in [-0.05, 0) is 42.0 Å². The van der Waals surface area contributed by atoms with Crippen molar-refractivity contribution >= 4 is 34.3 Å². The van der Waals surface area contributed by atoms with Gasteiger partial charge in [0.15, 0.2) is 0 Å². The average Bonchev–Trinajstić information content (AvgIpc) is 2.81. The van der Waals surface area contributed by atoms with E-state index in [1.807, 2.05) is 78.9 Å². The third-order valence-electron chi connectivity index (χ3n) is 5.06. The zero-order valence-corrected chi connectivity index (χ0v) is 17.6. The Morgan fingerprint density at radius 1 is 0.968 bits per heavy atom. The summed E-state index contributed by atoms with van der Waals surface area (Å²) in [6, 6.07) is 27.8. The molecule has 0 fully saturated rings. The molecule has 0 saturated heterocycles. The number of anilines is 1. The van der Waals surface area contributed by atoms with Crippen molar-refractivity contribution in [3.63, 3.8) is 0 Å². The fourth-order valence-electron chi connectivity index (χ4n) is 3.49. The topological polar surface area (TPSA) is 63.2 Å². The number of rotatable bonds is 6. The van der Waals surface area contributed by atoms with Gasteiger partial charge in [-0.15, -0.1) is 0 Å². The second-order valence-electron chi connectivity index (χ2n) is 7.30. The molecule has 2 heterocycles. The molecule has 1 amide bonds. The molecule has 0 saturated carbocycles. The lowest BCUT2D eigenvalue weighted by Crippen LogP contribution is -2.39. The molecule has 3 aromatic carbocycles. The molecule has 1 atom stereocenters. The Balaban J connectivity index is 1.20. The number of nitrogens with zero attached hydrogens (tertiary/aromatic N) is 1. The maximum absolute atomic E-state index is 12.4. The minimum absolute atomic E-state index is 0.0292. The van der Waals surface area contributed by atoms with Crippen molar-refractivity contribution in [2.24, 2.45) is 0 Å². The number of para-hydroxylation sites is 2. The molecule has 1 unspecified atom stereocenters. The van der Waals surface area contributed by atoms with Crippen LogP contribution in [0.15, 0.2) is 89.8 Å². The summed E-state index contributed by atoms with van der Waals surface area (Å²) in [6.45, 7) is 0.970. The van der Waals surface area contributed by atoms with Gasteiger partial charge >= 0.3 is 0 Å². The summed E-state index contributed by atoms with van der Waals surface area (Å²) in [5.41, 5.74) is 3.77. The Morgan fingerprint density at radius 3 is 2.81 bits per heavy atom. The van der Waals surface area contributed by atoms with Crippen molar-refractivity contribution in [3.05, 3.63) is 96.2 Å². The van der Waals surface area contributed by atoms with E-state index in [9.17, 15) is 4.79 Å². The van der Waals surface area contributed by atoms with Crippen LogP contribution < -0.4 is 15.4 Å². The number of benzene rings is 3. The summed E-state index contributed by atoms with van der Waals surface area (Å²) >= 11 is 1.53. The molecule has 5 nitrogen and oxygen atoms in total. The fourth-order valence-corrected chi connectivity index (χ4v) is 4.48. The number of carbonyl (C=O) groups excluding carboxylic acids is 1. The first-order valence-electron chi connectivity index (χ1n) is 10.1. The average molecular weight is 428 g/mol. The number of hydrogen-bond acceptors (Lipinski definition) is 5. The highest BCUT2D eigenvalue weighted by atomic mass is 32.2. The first kappa shape index (κ1) is 19.6. The van der Waals surface area contributed by atoms with Gasteiger partial charge in [0.2, 0.25) is 0 Å². The van der Waals surface area contributed by atoms with Crippen LogP contribution in [0.3, 0.4) is 0 Å². The zero-order valence-electron chi connectivity index (χ0n) is 16.7. The lowest BCUT2D eigenvalue weighted by atomic mass is 10.2. The monoisotopic (exact) mass is 427 g/mol. The highest BCUT2D eigenvalue weighted by Gasteiger charge is 2.26. The predicted molar refractivity (Wildman–Crippen MR) is 124 cm³/mol. The second kappa shape index (κ2) is 8.79. The number of pyridine rings is 1. The molecule has 5 rings (SSSR count). The van der Waals surface area contributed by atoms with Gasteiger partial charge < -0.3 is 10.1 Å². The number of hydrogen-bond donors (Lipinski definition) is 2. The van der Waals surface area contributed by atoms with Crippen molar-refractivity contribution in [1.82, 2.24) is 10.3 Å². The van der Waals surface area contributed by atoms with Gasteiger partial charge in [0.1, 0.15) is 17.7 Å². The minimum Gasteiger partial charge on any atom is -0.487 e. The van der Waals surface area contributed by atoms with Crippen LogP contribution in [0.5, 0.6) is 5.75 Å². The van der Waals surface area contributed by atoms with Crippen molar-refractivity contribution in [3.8, 4) is 5.75 Å². The first-order valence-corrected chi connectivity index (χ1v) is 11.0. The van der Waals surface area contributed by atoms with Crippen molar-refractivity contribution < 1.29 is 9.53 Å². The van der Waals surface area contributed by atoms with Crippen molar-refractivity contribution in [2.75, 3.05) is 5.32 Å². The van der Waals surface area contributed by atoms with E-state index in [1.165, 1.54) is 11.8 Å². The van der Waals surface area contributed by atoms with E-state index in [-0.39, 0.29) is 11.3 Å². The normalized spacial score (nSPS) is 15.4. The number of amides is 1. The van der Waals surface area contributed by atoms with E-state index < -0.39 is 0 Å². The maximum Gasteiger partial charge on any atom is 0.252 e. The van der Waals surface area contributed by atoms with E-state index in [0.717, 1.165) is 38.5 Å². The van der Waals surface area contributed by atoms with Crippen LogP contribution in [0.25, 0.3) is 10.9 Å². The lowest BCUT2D eigenvalue weighted by molar-refractivity contribution is -0.116. The van der Waals surface area contributed by atoms with Gasteiger partial charge in [0.25, 0.3) is 5.91 Å². The van der Waals surface area contributed by atoms with Crippen LogP contribution in [0.1, 0.15) is 11.3 Å². The molecule has 0 radical (unpaired) electrons. The van der Waals surface area contributed by atoms with Crippen LogP contribution in [0.2, 0.25) is 0 Å². The standard InChI is InChI=1S/C25H21N3O2S/c29-24-25(31-23-11-4-3-10-22(23)28-24)26-15-17-6-5-8-20(14-17)30-16-19-13-12-18-7-1-2-9-21(18)27-19/h1-14,25-26H,15-16H2,(H,28,29). The van der Waals surface area contributed by atoms with Crippen LogP contribution in [-0.4, -0.2) is 16.3 Å². The van der Waals surface area contributed by atoms with Crippen LogP contribution >= 0.6 is 11.8 Å². The summed E-state index contributed by atoms with van der Waals surface area (Å²) in [6.07, 6.45) is 0. The fraction of sp³-hybridized carbons (Fsp3) is 0.120. The molecule has 0 aliphatic carbocycles. The van der Waals surface area contributed by atoms with Gasteiger partial charge in [-0.25, -0.2) is 4.98 Å². The molecule has 1 aromatic heterocycles. The van der Waals surface area contributed by atoms with E-state index in [0.29, 0.717) is 13.2 Å². The number of aromatic nitrogens is 1. The summed E-state index contributed by atoms with van der Waals surface area (Å²) in [4.78, 5) is 18.1. The van der Waals surface area contributed by atoms with Gasteiger partial charge in [0.05, 0.1) is 16.9 Å². The van der Waals surface area contributed by atoms with Crippen molar-refractivity contribution in [1.29, 1.82) is 0 Å². The summed E-state index contributed by atoms with van der Waals surface area (Å²) < 4.78 is 5.97. The Kier molecular flexibility index (Phi) is 5.56. The molecular weight excluding hydrogens is 406 g/mol. The van der Waals surface area contributed by atoms with E-state index in [2.05, 4.69) is 21.7 Å². The number of carbonyl (C=O) groups is 1. The van der Waals surface area contributed by atoms with Gasteiger partial charge in [0, 0.05) is 16.8 Å². The summed E-state index contributed by atoms with van der Waals surface area (Å²) in [5.74, 6) is 0.749. The third-order valence-corrected chi connectivity index (χ3v) is 6.29. The van der Waals surface area contributed by atoms with Gasteiger partial charge in [-0.1, -0.05) is 60.3 Å². The highest BCUT2D eigenvalue weighted by molar-refractivity contribution is 8.00. The van der Waals surface area contributed by atoms with Gasteiger partial charge in [-0.3, -0.25) is 10.1 Å². The molecule has 0 bridgehead atoms. The van der Waals surface area contributed by atoms with Crippen LogP contribution in [-0.2, 0) is 17.9 Å². The van der Waals surface area contributed by atoms with E-state index >= 15 is 0 Å². The zero-order chi connectivity index (χ0) is 21.0. The molecule has 1 aliphatic rings. The SMILES string of the molecule is O=C1Nc2ccccc2SC1NCc1cccc(OCc2ccc3ccccc3n2)c1. The van der Waals surface area contributed by atoms with Crippen LogP contribution in [0.4, 0.5) is 5.69 Å². The molecule has 6 heteroatoms. The largest absolute Gasteiger partial charge is 0.487 e. The quantitative estimate of drug-likeness (QED) is 0.455. The first-order chi connectivity index (χ1) is 15.2. The molecule has 2 N–H and O–H groups in total. The summed E-state index contributed by atoms with van der Waals surface area (Å²) in [7, 11) is 0. The lowest BCUT2D eigenvalue weighted by Gasteiger charge is -2.24. The Bertz CT molecular complexity index is 1240. The molecule has 0 spiro atoms. The molecule has 154 valence electrons. The van der Waals surface area contributed by atoms with Crippen LogP contribution in [0, 0.1) is 0 Å². The highest BCUT2D eigenvalue weighted by Crippen LogP contribution is 2.34. The predicted octanol–water partition coefficient (Wildman–Crippen LogP) is 4.97. The number of thioether (sulfide) groups is 1. The van der Waals surface area contributed by atoms with Crippen molar-refractivity contribution in [2.45, 2.75) is 23.4 Å². The second-order valence-corrected chi connectivity index (χ2v) is 8.44. The number of ether oxygens (including phenoxy) is 1. The number of fused-ring (bicyclic) bond motifs is 2. The Morgan fingerprint density at radius 2 is 1.84 bits per heavy atom. The Hall–Kier alpha value is -3.35. The molecule has 4 aromatic rings. The summed E-state index contributed by atoms with van der Waals surface area (Å²) in [5, 5.41) is 7.07. The minimum atomic E-state index is -0.332. The molecular formula is C25H21N3O2S. The number of nitrogens with one attached hydrogen (secondary N) is 2. The Labute approximate surface area is 184 Å². The molecule has 1 aliphatic heterocycles. The smallest absolute Gasteiger partial charge is 0.252 e. The van der Waals surface area contributed by atoms with E-state index in [1.54, 1.807) is 0 Å². The molecule has 31 heavy (non-hydrogen) atoms. The van der Waals surface area contributed by atoms with E-state index in [4.69, 9.17) is 4.74 Å².